The summed E-state index contributed by atoms with van der Waals surface area (Å²) >= 11 is 6.34. The molecule has 2 aromatic rings. The third kappa shape index (κ3) is 1.71. The number of nitrogens with zero attached hydrogens (tertiary/aromatic N) is 2. The van der Waals surface area contributed by atoms with E-state index in [1.165, 1.54) is 11.3 Å². The van der Waals surface area contributed by atoms with E-state index in [0.29, 0.717) is 9.65 Å². The van der Waals surface area contributed by atoms with Gasteiger partial charge >= 0.3 is 0 Å². The Hall–Kier alpha value is -1.51. The third-order valence-corrected chi connectivity index (χ3v) is 2.89. The first kappa shape index (κ1) is 9.06. The number of aromatic amines is 1. The fourth-order valence-corrected chi connectivity index (χ4v) is 2.01. The topological polar surface area (TPSA) is 52.5 Å². The average Bonchev–Trinajstić information content (AvgIpc) is 2.66. The first-order valence-corrected chi connectivity index (χ1v) is 5.08. The predicted octanol–water partition coefficient (Wildman–Crippen LogP) is 2.74. The highest BCUT2D eigenvalue weighted by Gasteiger charge is 2.01. The lowest BCUT2D eigenvalue weighted by Crippen LogP contribution is -1.82. The van der Waals surface area contributed by atoms with Crippen LogP contribution in [0.2, 0.25) is 0 Å². The van der Waals surface area contributed by atoms with Crippen LogP contribution in [0.25, 0.3) is 10.6 Å². The normalized spacial score (nSPS) is 9.64. The summed E-state index contributed by atoms with van der Waals surface area (Å²) in [7, 11) is 0. The van der Waals surface area contributed by atoms with Crippen molar-refractivity contribution in [2.45, 2.75) is 0 Å². The molecule has 14 heavy (non-hydrogen) atoms. The molecule has 2 rings (SSSR count). The summed E-state index contributed by atoms with van der Waals surface area (Å²) in [4.78, 5) is 8.54. The van der Waals surface area contributed by atoms with Crippen molar-refractivity contribution in [3.63, 3.8) is 0 Å². The summed E-state index contributed by atoms with van der Waals surface area (Å²) in [5, 5.41) is 8.67. The molecule has 0 aromatic carbocycles. The van der Waals surface area contributed by atoms with E-state index in [4.69, 9.17) is 17.5 Å². The number of hydrogen-bond donors (Lipinski definition) is 1. The molecule has 0 atom stereocenters. The zero-order valence-corrected chi connectivity index (χ0v) is 8.65. The van der Waals surface area contributed by atoms with E-state index in [9.17, 15) is 0 Å². The molecule has 0 spiro atoms. The third-order valence-electron chi connectivity index (χ3n) is 1.66. The quantitative estimate of drug-likeness (QED) is 0.750. The summed E-state index contributed by atoms with van der Waals surface area (Å²) in [5.74, 6) is 0. The molecule has 0 amide bonds. The maximum absolute atomic E-state index is 8.67. The summed E-state index contributed by atoms with van der Waals surface area (Å²) < 4.78 is 0.453. The minimum Gasteiger partial charge on any atom is -0.330 e. The van der Waals surface area contributed by atoms with Crippen molar-refractivity contribution in [2.24, 2.45) is 0 Å². The number of aromatic nitrogens is 2. The first-order valence-electron chi connectivity index (χ1n) is 3.85. The molecule has 0 fully saturated rings. The lowest BCUT2D eigenvalue weighted by molar-refractivity contribution is 1.14. The Morgan fingerprint density at radius 1 is 1.43 bits per heavy atom. The van der Waals surface area contributed by atoms with Gasteiger partial charge in [-0.3, -0.25) is 0 Å². The van der Waals surface area contributed by atoms with Crippen LogP contribution in [0.3, 0.4) is 0 Å². The lowest BCUT2D eigenvalue weighted by Gasteiger charge is -1.94. The van der Waals surface area contributed by atoms with Gasteiger partial charge in [-0.1, -0.05) is 0 Å². The molecule has 0 aliphatic heterocycles. The molecule has 2 heterocycles. The number of nitrogens with one attached hydrogen (secondary N) is 1. The molecule has 0 aliphatic rings. The van der Waals surface area contributed by atoms with Gasteiger partial charge in [0.15, 0.2) is 4.77 Å². The zero-order valence-electron chi connectivity index (χ0n) is 7.02. The van der Waals surface area contributed by atoms with Gasteiger partial charge in [-0.25, -0.2) is 4.98 Å². The monoisotopic (exact) mass is 219 g/mol. The van der Waals surface area contributed by atoms with Gasteiger partial charge in [-0.05, 0) is 30.4 Å². The highest BCUT2D eigenvalue weighted by Crippen LogP contribution is 2.25. The van der Waals surface area contributed by atoms with Gasteiger partial charge in [0.05, 0.1) is 10.6 Å². The number of nitriles is 1. The van der Waals surface area contributed by atoms with Crippen LogP contribution in [0.5, 0.6) is 0 Å². The van der Waals surface area contributed by atoms with Crippen molar-refractivity contribution in [1.29, 1.82) is 5.26 Å². The fourth-order valence-electron chi connectivity index (χ4n) is 1.06. The Bertz CT molecular complexity index is 547. The smallest absolute Gasteiger partial charge is 0.197 e. The molecule has 0 saturated carbocycles. The minimum absolute atomic E-state index is 0.453. The Morgan fingerprint density at radius 2 is 2.29 bits per heavy atom. The molecule has 1 N–H and O–H groups in total. The van der Waals surface area contributed by atoms with Gasteiger partial charge in [-0.15, -0.1) is 11.3 Å². The maximum Gasteiger partial charge on any atom is 0.197 e. The maximum atomic E-state index is 8.67. The van der Waals surface area contributed by atoms with E-state index in [0.717, 1.165) is 10.6 Å². The molecular formula is C9H5N3S2. The molecule has 68 valence electrons. The molecule has 0 radical (unpaired) electrons. The molecular weight excluding hydrogens is 214 g/mol. The second-order valence-corrected chi connectivity index (χ2v) is 4.03. The largest absolute Gasteiger partial charge is 0.330 e. The van der Waals surface area contributed by atoms with Gasteiger partial charge in [-0.2, -0.15) is 5.26 Å². The van der Waals surface area contributed by atoms with Crippen LogP contribution in [0.1, 0.15) is 4.88 Å². The number of rotatable bonds is 1. The van der Waals surface area contributed by atoms with E-state index in [2.05, 4.69) is 16.0 Å². The van der Waals surface area contributed by atoms with Gasteiger partial charge in [0.25, 0.3) is 0 Å². The fraction of sp³-hybridized carbons (Fsp3) is 0. The van der Waals surface area contributed by atoms with Crippen molar-refractivity contribution in [3.8, 4) is 16.6 Å². The van der Waals surface area contributed by atoms with Crippen LogP contribution in [0.15, 0.2) is 24.4 Å². The minimum atomic E-state index is 0.453. The van der Waals surface area contributed by atoms with Crippen molar-refractivity contribution in [2.75, 3.05) is 0 Å². The summed E-state index contributed by atoms with van der Waals surface area (Å²) in [6.45, 7) is 0. The van der Waals surface area contributed by atoms with Crippen LogP contribution < -0.4 is 0 Å². The van der Waals surface area contributed by atoms with E-state index >= 15 is 0 Å². The standard InChI is InChI=1S/C9H5N3S2/c10-5-6-1-2-8(14-6)7-3-4-11-9(13)12-7/h1-4H,(H,11,12,13). The van der Waals surface area contributed by atoms with Crippen LogP contribution in [-0.2, 0) is 0 Å². The van der Waals surface area contributed by atoms with Crippen LogP contribution in [0, 0.1) is 16.1 Å². The highest BCUT2D eigenvalue weighted by molar-refractivity contribution is 7.71. The summed E-state index contributed by atoms with van der Waals surface area (Å²) in [6, 6.07) is 7.61. The van der Waals surface area contributed by atoms with Crippen molar-refractivity contribution < 1.29 is 0 Å². The number of H-pyrrole nitrogens is 1. The van der Waals surface area contributed by atoms with Gasteiger partial charge < -0.3 is 4.98 Å². The predicted molar refractivity (Wildman–Crippen MR) is 57.4 cm³/mol. The van der Waals surface area contributed by atoms with Crippen molar-refractivity contribution in [1.82, 2.24) is 9.97 Å². The summed E-state index contributed by atoms with van der Waals surface area (Å²) in [5.41, 5.74) is 0.900. The lowest BCUT2D eigenvalue weighted by atomic mass is 10.3. The average molecular weight is 219 g/mol. The first-order chi connectivity index (χ1) is 6.79. The zero-order chi connectivity index (χ0) is 9.97. The van der Waals surface area contributed by atoms with E-state index < -0.39 is 0 Å². The molecule has 0 bridgehead atoms. The molecule has 0 unspecified atom stereocenters. The van der Waals surface area contributed by atoms with Gasteiger partial charge in [0.2, 0.25) is 0 Å². The van der Waals surface area contributed by atoms with Crippen LogP contribution >= 0.6 is 23.6 Å². The second-order valence-electron chi connectivity index (χ2n) is 2.56. The van der Waals surface area contributed by atoms with E-state index in [-0.39, 0.29) is 0 Å². The van der Waals surface area contributed by atoms with Crippen LogP contribution in [0.4, 0.5) is 0 Å². The SMILES string of the molecule is N#Cc1ccc(-c2ccnc(=S)[nH]2)s1. The molecule has 2 aromatic heterocycles. The van der Waals surface area contributed by atoms with Gasteiger partial charge in [0.1, 0.15) is 10.9 Å². The Labute approximate surface area is 89.7 Å². The van der Waals surface area contributed by atoms with Gasteiger partial charge in [0, 0.05) is 6.20 Å². The Kier molecular flexibility index (Phi) is 2.39. The van der Waals surface area contributed by atoms with Crippen molar-refractivity contribution in [3.05, 3.63) is 34.0 Å². The highest BCUT2D eigenvalue weighted by atomic mass is 32.1. The molecule has 5 heteroatoms. The van der Waals surface area contributed by atoms with Crippen molar-refractivity contribution >= 4 is 23.6 Å². The van der Waals surface area contributed by atoms with E-state index in [1.807, 2.05) is 12.1 Å². The Morgan fingerprint density at radius 3 is 2.93 bits per heavy atom. The van der Waals surface area contributed by atoms with Crippen LogP contribution in [-0.4, -0.2) is 9.97 Å². The molecule has 3 nitrogen and oxygen atoms in total. The second kappa shape index (κ2) is 3.70. The number of hydrogen-bond acceptors (Lipinski definition) is 4. The Balaban J connectivity index is 2.50. The molecule has 0 saturated heterocycles. The molecule has 0 aliphatic carbocycles. The van der Waals surface area contributed by atoms with E-state index in [1.54, 1.807) is 12.3 Å². The number of thiophene rings is 1. The summed E-state index contributed by atoms with van der Waals surface area (Å²) in [6.07, 6.45) is 1.65.